The highest BCUT2D eigenvalue weighted by molar-refractivity contribution is 6.31. The fraction of sp³-hybridized carbons (Fsp3) is 0.400. The lowest BCUT2D eigenvalue weighted by atomic mass is 10.2. The molecular weight excluding hydrogens is 234 g/mol. The summed E-state index contributed by atoms with van der Waals surface area (Å²) < 4.78 is 5.72. The third kappa shape index (κ3) is 2.25. The number of nitrogens with zero attached hydrogens (tertiary/aromatic N) is 1. The zero-order valence-electron chi connectivity index (χ0n) is 8.99. The van der Waals surface area contributed by atoms with Crippen LogP contribution < -0.4 is 5.56 Å². The Morgan fingerprint density at radius 2 is 2.25 bits per heavy atom. The molecular formula is C10H12ClNO4. The Balaban J connectivity index is 3.44. The molecule has 1 aromatic heterocycles. The van der Waals surface area contributed by atoms with Crippen LogP contribution in [0.2, 0.25) is 5.02 Å². The summed E-state index contributed by atoms with van der Waals surface area (Å²) in [5.41, 5.74) is -0.136. The molecule has 0 radical (unpaired) electrons. The Morgan fingerprint density at radius 1 is 1.62 bits per heavy atom. The van der Waals surface area contributed by atoms with E-state index in [0.717, 1.165) is 0 Å². The van der Waals surface area contributed by atoms with E-state index in [2.05, 4.69) is 4.74 Å². The minimum atomic E-state index is -0.737. The van der Waals surface area contributed by atoms with E-state index in [-0.39, 0.29) is 23.7 Å². The van der Waals surface area contributed by atoms with Gasteiger partial charge in [0.15, 0.2) is 0 Å². The Bertz CT molecular complexity index is 467. The number of pyridine rings is 1. The molecule has 0 spiro atoms. The molecule has 88 valence electrons. The molecule has 0 fully saturated rings. The number of aliphatic hydroxyl groups is 1. The maximum absolute atomic E-state index is 11.8. The van der Waals surface area contributed by atoms with Gasteiger partial charge in [0.2, 0.25) is 0 Å². The van der Waals surface area contributed by atoms with Gasteiger partial charge in [-0.25, -0.2) is 4.79 Å². The molecule has 1 heterocycles. The van der Waals surface area contributed by atoms with E-state index in [1.54, 1.807) is 6.92 Å². The van der Waals surface area contributed by atoms with Crippen molar-refractivity contribution >= 4 is 17.6 Å². The third-order valence-electron chi connectivity index (χ3n) is 2.23. The van der Waals surface area contributed by atoms with Crippen LogP contribution in [0.25, 0.3) is 0 Å². The quantitative estimate of drug-likeness (QED) is 0.792. The summed E-state index contributed by atoms with van der Waals surface area (Å²) in [6, 6.07) is 1.28. The SMILES string of the molecule is COC(=O)c1cc(Cl)c(C)n(CCO)c1=O. The number of aliphatic hydroxyl groups excluding tert-OH is 1. The molecule has 0 amide bonds. The average molecular weight is 246 g/mol. The standard InChI is InChI=1S/C10H12ClNO4/c1-6-8(11)5-7(10(15)16-2)9(14)12(6)3-4-13/h5,13H,3-4H2,1-2H3. The second-order valence-corrected chi connectivity index (χ2v) is 3.57. The minimum Gasteiger partial charge on any atom is -0.465 e. The van der Waals surface area contributed by atoms with Crippen LogP contribution in [0.4, 0.5) is 0 Å². The van der Waals surface area contributed by atoms with Crippen molar-refractivity contribution in [2.24, 2.45) is 0 Å². The first-order valence-electron chi connectivity index (χ1n) is 4.62. The summed E-state index contributed by atoms with van der Waals surface area (Å²) in [4.78, 5) is 23.1. The first kappa shape index (κ1) is 12.7. The Kier molecular flexibility index (Phi) is 4.09. The van der Waals surface area contributed by atoms with E-state index in [4.69, 9.17) is 16.7 Å². The summed E-state index contributed by atoms with van der Waals surface area (Å²) in [5.74, 6) is -0.737. The van der Waals surface area contributed by atoms with Crippen molar-refractivity contribution in [3.05, 3.63) is 32.7 Å². The molecule has 6 heteroatoms. The van der Waals surface area contributed by atoms with E-state index in [1.165, 1.54) is 17.7 Å². The van der Waals surface area contributed by atoms with Crippen molar-refractivity contribution in [3.63, 3.8) is 0 Å². The Labute approximate surface area is 97.2 Å². The summed E-state index contributed by atoms with van der Waals surface area (Å²) >= 11 is 5.88. The minimum absolute atomic E-state index is 0.0925. The summed E-state index contributed by atoms with van der Waals surface area (Å²) in [6.07, 6.45) is 0. The topological polar surface area (TPSA) is 68.5 Å². The second-order valence-electron chi connectivity index (χ2n) is 3.16. The van der Waals surface area contributed by atoms with Gasteiger partial charge in [-0.05, 0) is 13.0 Å². The average Bonchev–Trinajstić information content (AvgIpc) is 2.28. The van der Waals surface area contributed by atoms with Gasteiger partial charge in [-0.2, -0.15) is 0 Å². The van der Waals surface area contributed by atoms with Crippen molar-refractivity contribution in [2.75, 3.05) is 13.7 Å². The van der Waals surface area contributed by atoms with Crippen LogP contribution in [-0.4, -0.2) is 29.4 Å². The van der Waals surface area contributed by atoms with E-state index in [0.29, 0.717) is 5.69 Å². The number of halogens is 1. The summed E-state index contributed by atoms with van der Waals surface area (Å²) in [6.45, 7) is 1.53. The molecule has 0 unspecified atom stereocenters. The first-order chi connectivity index (χ1) is 7.52. The van der Waals surface area contributed by atoms with Gasteiger partial charge < -0.3 is 14.4 Å². The number of carbonyl (C=O) groups is 1. The van der Waals surface area contributed by atoms with Crippen molar-refractivity contribution in [3.8, 4) is 0 Å². The molecule has 1 aromatic rings. The van der Waals surface area contributed by atoms with E-state index in [1.807, 2.05) is 0 Å². The van der Waals surface area contributed by atoms with Gasteiger partial charge in [-0.15, -0.1) is 0 Å². The van der Waals surface area contributed by atoms with Crippen LogP contribution in [-0.2, 0) is 11.3 Å². The Hall–Kier alpha value is -1.33. The van der Waals surface area contributed by atoms with E-state index in [9.17, 15) is 9.59 Å². The van der Waals surface area contributed by atoms with Gasteiger partial charge in [-0.1, -0.05) is 11.6 Å². The number of ether oxygens (including phenoxy) is 1. The van der Waals surface area contributed by atoms with Crippen molar-refractivity contribution in [1.82, 2.24) is 4.57 Å². The molecule has 5 nitrogen and oxygen atoms in total. The second kappa shape index (κ2) is 5.14. The molecule has 0 bridgehead atoms. The highest BCUT2D eigenvalue weighted by Gasteiger charge is 2.16. The number of hydrogen-bond acceptors (Lipinski definition) is 4. The van der Waals surface area contributed by atoms with Gasteiger partial charge >= 0.3 is 5.97 Å². The Morgan fingerprint density at radius 3 is 2.75 bits per heavy atom. The number of rotatable bonds is 3. The molecule has 0 aromatic carbocycles. The number of carbonyl (C=O) groups excluding carboxylic acids is 1. The van der Waals surface area contributed by atoms with Gasteiger partial charge in [0.05, 0.1) is 18.7 Å². The van der Waals surface area contributed by atoms with E-state index < -0.39 is 11.5 Å². The van der Waals surface area contributed by atoms with Crippen molar-refractivity contribution in [1.29, 1.82) is 0 Å². The number of aromatic nitrogens is 1. The molecule has 0 atom stereocenters. The van der Waals surface area contributed by atoms with Crippen LogP contribution in [0.5, 0.6) is 0 Å². The van der Waals surface area contributed by atoms with Gasteiger partial charge in [-0.3, -0.25) is 4.79 Å². The molecule has 0 aliphatic heterocycles. The fourth-order valence-corrected chi connectivity index (χ4v) is 1.56. The zero-order chi connectivity index (χ0) is 12.3. The van der Waals surface area contributed by atoms with Crippen molar-refractivity contribution in [2.45, 2.75) is 13.5 Å². The normalized spacial score (nSPS) is 10.2. The largest absolute Gasteiger partial charge is 0.465 e. The molecule has 1 rings (SSSR count). The molecule has 0 saturated carbocycles. The van der Waals surface area contributed by atoms with Crippen LogP contribution in [0.1, 0.15) is 16.1 Å². The highest BCUT2D eigenvalue weighted by Crippen LogP contribution is 2.14. The van der Waals surface area contributed by atoms with Gasteiger partial charge in [0, 0.05) is 12.2 Å². The highest BCUT2D eigenvalue weighted by atomic mass is 35.5. The summed E-state index contributed by atoms with van der Waals surface area (Å²) in [7, 11) is 1.19. The van der Waals surface area contributed by atoms with Crippen LogP contribution in [0, 0.1) is 6.92 Å². The maximum Gasteiger partial charge on any atom is 0.343 e. The molecule has 16 heavy (non-hydrogen) atoms. The third-order valence-corrected chi connectivity index (χ3v) is 2.61. The maximum atomic E-state index is 11.8. The van der Waals surface area contributed by atoms with Gasteiger partial charge in [0.25, 0.3) is 5.56 Å². The van der Waals surface area contributed by atoms with Gasteiger partial charge in [0.1, 0.15) is 5.56 Å². The fourth-order valence-electron chi connectivity index (χ4n) is 1.34. The molecule has 0 saturated heterocycles. The number of hydrogen-bond donors (Lipinski definition) is 1. The zero-order valence-corrected chi connectivity index (χ0v) is 9.74. The van der Waals surface area contributed by atoms with Crippen LogP contribution >= 0.6 is 11.6 Å². The predicted octanol–water partition coefficient (Wildman–Crippen LogP) is 0.589. The lowest BCUT2D eigenvalue weighted by molar-refractivity contribution is 0.0597. The molecule has 0 aliphatic rings. The van der Waals surface area contributed by atoms with Crippen LogP contribution in [0.3, 0.4) is 0 Å². The lowest BCUT2D eigenvalue weighted by Crippen LogP contribution is -2.29. The summed E-state index contributed by atoms with van der Waals surface area (Å²) in [5, 5.41) is 9.11. The monoisotopic (exact) mass is 245 g/mol. The first-order valence-corrected chi connectivity index (χ1v) is 4.99. The predicted molar refractivity (Wildman–Crippen MR) is 58.9 cm³/mol. The molecule has 0 aliphatic carbocycles. The van der Waals surface area contributed by atoms with E-state index >= 15 is 0 Å². The number of esters is 1. The smallest absolute Gasteiger partial charge is 0.343 e. The van der Waals surface area contributed by atoms with Crippen molar-refractivity contribution < 1.29 is 14.6 Å². The van der Waals surface area contributed by atoms with Crippen LogP contribution in [0.15, 0.2) is 10.9 Å². The molecule has 1 N–H and O–H groups in total. The lowest BCUT2D eigenvalue weighted by Gasteiger charge is -2.11. The number of methoxy groups -OCH3 is 1.